The van der Waals surface area contributed by atoms with Gasteiger partial charge in [-0.05, 0) is 29.5 Å². The minimum Gasteiger partial charge on any atom is -0.477 e. The third-order valence-corrected chi connectivity index (χ3v) is 4.90. The zero-order valence-electron chi connectivity index (χ0n) is 9.05. The number of fused-ring (bicyclic) bond motifs is 1. The molecule has 3 heterocycles. The second-order valence-corrected chi connectivity index (χ2v) is 5.93. The van der Waals surface area contributed by atoms with Gasteiger partial charge < -0.3 is 10.0 Å². The molecule has 0 aromatic carbocycles. The topological polar surface area (TPSA) is 40.5 Å². The van der Waals surface area contributed by atoms with Crippen molar-refractivity contribution in [3.05, 3.63) is 38.2 Å². The number of rotatable bonds is 2. The van der Waals surface area contributed by atoms with Crippen LogP contribution in [0.4, 0.5) is 5.69 Å². The van der Waals surface area contributed by atoms with Gasteiger partial charge in [-0.15, -0.1) is 22.7 Å². The van der Waals surface area contributed by atoms with Crippen LogP contribution in [-0.2, 0) is 13.0 Å². The molecule has 0 aliphatic carbocycles. The van der Waals surface area contributed by atoms with E-state index in [0.717, 1.165) is 25.2 Å². The first kappa shape index (κ1) is 10.8. The minimum atomic E-state index is -0.838. The van der Waals surface area contributed by atoms with Crippen molar-refractivity contribution in [1.82, 2.24) is 0 Å². The minimum absolute atomic E-state index is 0.413. The molecule has 3 nitrogen and oxygen atoms in total. The molecule has 0 saturated carbocycles. The monoisotopic (exact) mass is 265 g/mol. The summed E-state index contributed by atoms with van der Waals surface area (Å²) in [6, 6.07) is 3.93. The molecule has 0 radical (unpaired) electrons. The van der Waals surface area contributed by atoms with Crippen molar-refractivity contribution in [2.75, 3.05) is 11.4 Å². The van der Waals surface area contributed by atoms with Gasteiger partial charge in [0.2, 0.25) is 0 Å². The van der Waals surface area contributed by atoms with Gasteiger partial charge in [0.25, 0.3) is 0 Å². The summed E-state index contributed by atoms with van der Waals surface area (Å²) in [6.45, 7) is 1.87. The summed E-state index contributed by atoms with van der Waals surface area (Å²) in [5.41, 5.74) is 2.41. The fraction of sp³-hybridized carbons (Fsp3) is 0.250. The molecule has 0 unspecified atom stereocenters. The number of carboxylic acid groups (broad SMARTS) is 1. The van der Waals surface area contributed by atoms with Gasteiger partial charge in [-0.2, -0.15) is 0 Å². The Balaban J connectivity index is 1.84. The van der Waals surface area contributed by atoms with Crippen molar-refractivity contribution in [3.8, 4) is 0 Å². The van der Waals surface area contributed by atoms with Crippen LogP contribution in [0.15, 0.2) is 22.9 Å². The molecule has 2 aromatic rings. The van der Waals surface area contributed by atoms with Crippen molar-refractivity contribution < 1.29 is 9.90 Å². The van der Waals surface area contributed by atoms with E-state index < -0.39 is 5.97 Å². The zero-order chi connectivity index (χ0) is 11.8. The fourth-order valence-electron chi connectivity index (χ4n) is 2.07. The average molecular weight is 265 g/mol. The van der Waals surface area contributed by atoms with Crippen molar-refractivity contribution in [2.45, 2.75) is 13.0 Å². The molecule has 2 aromatic heterocycles. The first-order valence-corrected chi connectivity index (χ1v) is 7.12. The second kappa shape index (κ2) is 4.16. The van der Waals surface area contributed by atoms with Crippen LogP contribution >= 0.6 is 22.7 Å². The number of carboxylic acids is 1. The third-order valence-electron chi connectivity index (χ3n) is 2.97. The maximum atomic E-state index is 10.8. The molecule has 0 spiro atoms. The van der Waals surface area contributed by atoms with Gasteiger partial charge >= 0.3 is 5.97 Å². The molecule has 0 atom stereocenters. The lowest BCUT2D eigenvalue weighted by atomic mass is 10.1. The van der Waals surface area contributed by atoms with E-state index in [1.807, 2.05) is 16.7 Å². The van der Waals surface area contributed by atoms with E-state index in [-0.39, 0.29) is 0 Å². The van der Waals surface area contributed by atoms with Gasteiger partial charge in [0.05, 0.1) is 0 Å². The summed E-state index contributed by atoms with van der Waals surface area (Å²) >= 11 is 3.11. The van der Waals surface area contributed by atoms with Crippen LogP contribution in [0.3, 0.4) is 0 Å². The molecular weight excluding hydrogens is 254 g/mol. The van der Waals surface area contributed by atoms with Crippen LogP contribution in [0.1, 0.15) is 20.1 Å². The summed E-state index contributed by atoms with van der Waals surface area (Å²) in [5.74, 6) is -0.838. The summed E-state index contributed by atoms with van der Waals surface area (Å²) in [4.78, 5) is 15.0. The van der Waals surface area contributed by atoms with Crippen LogP contribution < -0.4 is 4.90 Å². The Labute approximate surface area is 107 Å². The molecule has 1 aliphatic rings. The normalized spacial score (nSPS) is 14.7. The number of hydrogen-bond acceptors (Lipinski definition) is 4. The SMILES string of the molecule is O=C(O)c1cc(N2CCc3sccc3C2)cs1. The van der Waals surface area contributed by atoms with Gasteiger partial charge in [-0.1, -0.05) is 0 Å². The van der Waals surface area contributed by atoms with Gasteiger partial charge in [-0.25, -0.2) is 4.79 Å². The molecule has 1 N–H and O–H groups in total. The molecule has 0 amide bonds. The number of nitrogens with zero attached hydrogens (tertiary/aromatic N) is 1. The summed E-state index contributed by atoms with van der Waals surface area (Å²) in [5, 5.41) is 13.0. The van der Waals surface area contributed by atoms with E-state index in [9.17, 15) is 4.79 Å². The third kappa shape index (κ3) is 1.96. The van der Waals surface area contributed by atoms with Crippen LogP contribution in [0, 0.1) is 0 Å². The molecule has 0 bridgehead atoms. The van der Waals surface area contributed by atoms with Gasteiger partial charge in [0.15, 0.2) is 0 Å². The Bertz CT molecular complexity index is 558. The van der Waals surface area contributed by atoms with Crippen LogP contribution in [0.25, 0.3) is 0 Å². The standard InChI is InChI=1S/C12H11NO2S2/c14-12(15)11-5-9(7-17-11)13-3-1-10-8(6-13)2-4-16-10/h2,4-5,7H,1,3,6H2,(H,14,15). The van der Waals surface area contributed by atoms with Crippen molar-refractivity contribution in [1.29, 1.82) is 0 Å². The lowest BCUT2D eigenvalue weighted by molar-refractivity contribution is 0.0702. The predicted molar refractivity (Wildman–Crippen MR) is 70.4 cm³/mol. The highest BCUT2D eigenvalue weighted by Gasteiger charge is 2.19. The molecule has 3 rings (SSSR count). The van der Waals surface area contributed by atoms with Crippen molar-refractivity contribution >= 4 is 34.3 Å². The van der Waals surface area contributed by atoms with Gasteiger partial charge in [0, 0.05) is 29.0 Å². The van der Waals surface area contributed by atoms with E-state index in [2.05, 4.69) is 16.3 Å². The quantitative estimate of drug-likeness (QED) is 0.907. The number of hydrogen-bond donors (Lipinski definition) is 1. The first-order valence-electron chi connectivity index (χ1n) is 5.36. The summed E-state index contributed by atoms with van der Waals surface area (Å²) in [7, 11) is 0. The average Bonchev–Trinajstić information content (AvgIpc) is 2.97. The lowest BCUT2D eigenvalue weighted by Gasteiger charge is -2.27. The van der Waals surface area contributed by atoms with Crippen LogP contribution in [0.5, 0.6) is 0 Å². The summed E-state index contributed by atoms with van der Waals surface area (Å²) in [6.07, 6.45) is 1.06. The highest BCUT2D eigenvalue weighted by atomic mass is 32.1. The Morgan fingerprint density at radius 3 is 3.06 bits per heavy atom. The molecule has 1 aliphatic heterocycles. The number of carbonyl (C=O) groups is 1. The largest absolute Gasteiger partial charge is 0.477 e. The van der Waals surface area contributed by atoms with E-state index in [1.54, 1.807) is 6.07 Å². The molecule has 0 fully saturated rings. The predicted octanol–water partition coefficient (Wildman–Crippen LogP) is 3.07. The van der Waals surface area contributed by atoms with Gasteiger partial charge in [0.1, 0.15) is 4.88 Å². The number of aromatic carboxylic acids is 1. The lowest BCUT2D eigenvalue weighted by Crippen LogP contribution is -2.28. The van der Waals surface area contributed by atoms with E-state index in [0.29, 0.717) is 4.88 Å². The van der Waals surface area contributed by atoms with Gasteiger partial charge in [-0.3, -0.25) is 0 Å². The fourth-order valence-corrected chi connectivity index (χ4v) is 3.72. The van der Waals surface area contributed by atoms with Crippen LogP contribution in [-0.4, -0.2) is 17.6 Å². The molecule has 0 saturated heterocycles. The maximum Gasteiger partial charge on any atom is 0.345 e. The number of anilines is 1. The maximum absolute atomic E-state index is 10.8. The van der Waals surface area contributed by atoms with E-state index in [1.165, 1.54) is 21.8 Å². The Kier molecular flexibility index (Phi) is 2.64. The Morgan fingerprint density at radius 2 is 2.29 bits per heavy atom. The Hall–Kier alpha value is -1.33. The highest BCUT2D eigenvalue weighted by molar-refractivity contribution is 7.12. The molecule has 88 valence electrons. The Morgan fingerprint density at radius 1 is 1.41 bits per heavy atom. The van der Waals surface area contributed by atoms with E-state index in [4.69, 9.17) is 5.11 Å². The molecule has 5 heteroatoms. The van der Waals surface area contributed by atoms with Crippen molar-refractivity contribution in [2.24, 2.45) is 0 Å². The number of thiophene rings is 2. The molecular formula is C12H11NO2S2. The zero-order valence-corrected chi connectivity index (χ0v) is 10.7. The summed E-state index contributed by atoms with van der Waals surface area (Å²) < 4.78 is 0. The highest BCUT2D eigenvalue weighted by Crippen LogP contribution is 2.30. The molecule has 17 heavy (non-hydrogen) atoms. The first-order chi connectivity index (χ1) is 8.24. The van der Waals surface area contributed by atoms with E-state index >= 15 is 0 Å². The second-order valence-electron chi connectivity index (χ2n) is 4.01. The van der Waals surface area contributed by atoms with Crippen molar-refractivity contribution in [3.63, 3.8) is 0 Å². The van der Waals surface area contributed by atoms with Crippen LogP contribution in [0.2, 0.25) is 0 Å². The smallest absolute Gasteiger partial charge is 0.345 e.